The van der Waals surface area contributed by atoms with Crippen molar-refractivity contribution in [1.29, 1.82) is 0 Å². The number of ether oxygens (including phenoxy) is 2. The van der Waals surface area contributed by atoms with E-state index in [2.05, 4.69) is 34.9 Å². The van der Waals surface area contributed by atoms with Crippen LogP contribution < -0.4 is 10.6 Å². The van der Waals surface area contributed by atoms with Gasteiger partial charge in [0.15, 0.2) is 0 Å². The highest BCUT2D eigenvalue weighted by Crippen LogP contribution is 2.44. The molecule has 2 amide bonds. The quantitative estimate of drug-likeness (QED) is 0.563. The van der Waals surface area contributed by atoms with Gasteiger partial charge in [0.25, 0.3) is 0 Å². The highest BCUT2D eigenvalue weighted by molar-refractivity contribution is 5.81. The van der Waals surface area contributed by atoms with E-state index in [0.717, 1.165) is 17.5 Å². The lowest BCUT2D eigenvalue weighted by Gasteiger charge is -2.19. The lowest BCUT2D eigenvalue weighted by Crippen LogP contribution is -2.43. The lowest BCUT2D eigenvalue weighted by atomic mass is 9.98. The second-order valence-corrected chi connectivity index (χ2v) is 9.59. The van der Waals surface area contributed by atoms with Crippen LogP contribution in [-0.2, 0) is 19.1 Å². The summed E-state index contributed by atoms with van der Waals surface area (Å²) in [4.78, 5) is 36.4. The predicted molar refractivity (Wildman–Crippen MR) is 128 cm³/mol. The molecule has 2 aromatic rings. The van der Waals surface area contributed by atoms with Crippen LogP contribution in [0.15, 0.2) is 48.5 Å². The molecule has 3 N–H and O–H groups in total. The SMILES string of the molecule is O=C(NCC1CC(C(=O)NC2CCCC2C(=O)O)CO1)OCC1c2ccccc2-c2ccccc21. The summed E-state index contributed by atoms with van der Waals surface area (Å²) in [5.41, 5.74) is 4.66. The Hall–Kier alpha value is -3.39. The van der Waals surface area contributed by atoms with Gasteiger partial charge in [0.1, 0.15) is 6.61 Å². The molecule has 1 saturated heterocycles. The van der Waals surface area contributed by atoms with Gasteiger partial charge in [0, 0.05) is 18.5 Å². The highest BCUT2D eigenvalue weighted by Gasteiger charge is 2.37. The van der Waals surface area contributed by atoms with Crippen molar-refractivity contribution in [3.05, 3.63) is 59.7 Å². The van der Waals surface area contributed by atoms with Crippen molar-refractivity contribution in [2.75, 3.05) is 19.8 Å². The highest BCUT2D eigenvalue weighted by atomic mass is 16.5. The minimum atomic E-state index is -0.861. The molecule has 1 saturated carbocycles. The Balaban J connectivity index is 1.08. The zero-order valence-electron chi connectivity index (χ0n) is 19.4. The summed E-state index contributed by atoms with van der Waals surface area (Å²) in [6.45, 7) is 0.748. The number of hydrogen-bond donors (Lipinski definition) is 3. The number of hydrogen-bond acceptors (Lipinski definition) is 5. The Morgan fingerprint density at radius 2 is 1.69 bits per heavy atom. The number of carbonyl (C=O) groups excluding carboxylic acids is 2. The summed E-state index contributed by atoms with van der Waals surface area (Å²) in [6, 6.07) is 16.0. The Bertz CT molecular complexity index is 1070. The van der Waals surface area contributed by atoms with E-state index in [1.54, 1.807) is 0 Å². The molecule has 8 heteroatoms. The fourth-order valence-electron chi connectivity index (χ4n) is 5.61. The average molecular weight is 479 g/mol. The fraction of sp³-hybridized carbons (Fsp3) is 0.444. The second kappa shape index (κ2) is 10.1. The number of carboxylic acids is 1. The molecule has 35 heavy (non-hydrogen) atoms. The number of rotatable bonds is 7. The first kappa shape index (κ1) is 23.4. The van der Waals surface area contributed by atoms with Gasteiger partial charge in [-0.05, 0) is 41.5 Å². The van der Waals surface area contributed by atoms with Crippen LogP contribution in [0.25, 0.3) is 11.1 Å². The van der Waals surface area contributed by atoms with Gasteiger partial charge in [-0.1, -0.05) is 55.0 Å². The largest absolute Gasteiger partial charge is 0.481 e. The van der Waals surface area contributed by atoms with E-state index in [9.17, 15) is 19.5 Å². The molecule has 0 radical (unpaired) electrons. The van der Waals surface area contributed by atoms with Crippen molar-refractivity contribution in [3.8, 4) is 11.1 Å². The third-order valence-electron chi connectivity index (χ3n) is 7.43. The predicted octanol–water partition coefficient (Wildman–Crippen LogP) is 3.30. The van der Waals surface area contributed by atoms with Gasteiger partial charge in [-0.2, -0.15) is 0 Å². The van der Waals surface area contributed by atoms with Gasteiger partial charge in [0.05, 0.1) is 24.5 Å². The van der Waals surface area contributed by atoms with Crippen LogP contribution in [0.1, 0.15) is 42.7 Å². The molecule has 0 bridgehead atoms. The number of aliphatic carboxylic acids is 1. The van der Waals surface area contributed by atoms with Gasteiger partial charge in [-0.15, -0.1) is 0 Å². The summed E-state index contributed by atoms with van der Waals surface area (Å²) in [5.74, 6) is -1.91. The van der Waals surface area contributed by atoms with E-state index in [1.807, 2.05) is 24.3 Å². The molecule has 0 aromatic heterocycles. The molecule has 2 aliphatic carbocycles. The normalized spacial score (nSPS) is 25.0. The molecule has 1 aliphatic heterocycles. The summed E-state index contributed by atoms with van der Waals surface area (Å²) >= 11 is 0. The zero-order chi connectivity index (χ0) is 24.4. The Morgan fingerprint density at radius 3 is 2.37 bits per heavy atom. The number of nitrogens with one attached hydrogen (secondary N) is 2. The zero-order valence-corrected chi connectivity index (χ0v) is 19.4. The second-order valence-electron chi connectivity index (χ2n) is 9.59. The van der Waals surface area contributed by atoms with Crippen LogP contribution in [0.3, 0.4) is 0 Å². The summed E-state index contributed by atoms with van der Waals surface area (Å²) < 4.78 is 11.3. The van der Waals surface area contributed by atoms with E-state index in [4.69, 9.17) is 9.47 Å². The standard InChI is InChI=1S/C27H30N2O6/c30-25(29-24-11-5-10-22(24)26(31)32)16-12-17(34-14-16)13-28-27(33)35-15-23-20-8-3-1-6-18(20)19-7-2-4-9-21(19)23/h1-4,6-9,16-17,22-24H,5,10-15H2,(H,28,33)(H,29,30)(H,31,32). The minimum Gasteiger partial charge on any atom is -0.481 e. The molecule has 4 atom stereocenters. The van der Waals surface area contributed by atoms with Crippen LogP contribution in [0.2, 0.25) is 0 Å². The van der Waals surface area contributed by atoms with Gasteiger partial charge in [-0.3, -0.25) is 9.59 Å². The molecule has 4 unspecified atom stereocenters. The van der Waals surface area contributed by atoms with Crippen LogP contribution in [0, 0.1) is 11.8 Å². The van der Waals surface area contributed by atoms with Crippen molar-refractivity contribution < 1.29 is 29.0 Å². The van der Waals surface area contributed by atoms with Crippen molar-refractivity contribution in [3.63, 3.8) is 0 Å². The van der Waals surface area contributed by atoms with E-state index >= 15 is 0 Å². The van der Waals surface area contributed by atoms with Crippen molar-refractivity contribution in [2.24, 2.45) is 11.8 Å². The maximum Gasteiger partial charge on any atom is 0.407 e. The molecular formula is C27H30N2O6. The first-order valence-corrected chi connectivity index (χ1v) is 12.2. The topological polar surface area (TPSA) is 114 Å². The van der Waals surface area contributed by atoms with Gasteiger partial charge >= 0.3 is 12.1 Å². The maximum atomic E-state index is 12.6. The summed E-state index contributed by atoms with van der Waals surface area (Å²) in [7, 11) is 0. The van der Waals surface area contributed by atoms with Crippen LogP contribution >= 0.6 is 0 Å². The molecule has 184 valence electrons. The first-order valence-electron chi connectivity index (χ1n) is 12.2. The van der Waals surface area contributed by atoms with Gasteiger partial charge < -0.3 is 25.2 Å². The number of carbonyl (C=O) groups is 3. The molecule has 3 aliphatic rings. The fourth-order valence-corrected chi connectivity index (χ4v) is 5.61. The Kier molecular flexibility index (Phi) is 6.72. The Labute approximate surface area is 204 Å². The number of amides is 2. The minimum absolute atomic E-state index is 0.00540. The number of benzene rings is 2. The molecule has 2 fully saturated rings. The molecular weight excluding hydrogens is 448 g/mol. The lowest BCUT2D eigenvalue weighted by molar-refractivity contribution is -0.142. The molecule has 1 heterocycles. The summed E-state index contributed by atoms with van der Waals surface area (Å²) in [5, 5.41) is 15.0. The van der Waals surface area contributed by atoms with Gasteiger partial charge in [0.2, 0.25) is 5.91 Å². The molecule has 8 nitrogen and oxygen atoms in total. The third-order valence-corrected chi connectivity index (χ3v) is 7.43. The van der Waals surface area contributed by atoms with Crippen LogP contribution in [-0.4, -0.2) is 55.0 Å². The van der Waals surface area contributed by atoms with Crippen molar-refractivity contribution in [2.45, 2.75) is 43.7 Å². The van der Waals surface area contributed by atoms with Crippen LogP contribution in [0.4, 0.5) is 4.79 Å². The summed E-state index contributed by atoms with van der Waals surface area (Å²) in [6.07, 6.45) is 1.75. The van der Waals surface area contributed by atoms with Crippen LogP contribution in [0.5, 0.6) is 0 Å². The van der Waals surface area contributed by atoms with E-state index < -0.39 is 18.0 Å². The number of carboxylic acid groups (broad SMARTS) is 1. The van der Waals surface area contributed by atoms with E-state index in [1.165, 1.54) is 11.1 Å². The first-order chi connectivity index (χ1) is 17.0. The average Bonchev–Trinajstić information content (AvgIpc) is 3.59. The molecule has 0 spiro atoms. The maximum absolute atomic E-state index is 12.6. The molecule has 2 aromatic carbocycles. The third kappa shape index (κ3) is 4.89. The van der Waals surface area contributed by atoms with E-state index in [-0.39, 0.29) is 49.6 Å². The molecule has 5 rings (SSSR count). The van der Waals surface area contributed by atoms with Crippen molar-refractivity contribution in [1.82, 2.24) is 10.6 Å². The van der Waals surface area contributed by atoms with Gasteiger partial charge in [-0.25, -0.2) is 4.79 Å². The monoisotopic (exact) mass is 478 g/mol. The number of alkyl carbamates (subject to hydrolysis) is 1. The number of fused-ring (bicyclic) bond motifs is 3. The van der Waals surface area contributed by atoms with E-state index in [0.29, 0.717) is 19.3 Å². The smallest absolute Gasteiger partial charge is 0.407 e. The Morgan fingerprint density at radius 1 is 1.00 bits per heavy atom. The van der Waals surface area contributed by atoms with Crippen molar-refractivity contribution >= 4 is 18.0 Å².